The summed E-state index contributed by atoms with van der Waals surface area (Å²) in [5.74, 6) is -3.26. The van der Waals surface area contributed by atoms with Crippen molar-refractivity contribution in [2.24, 2.45) is 0 Å². The van der Waals surface area contributed by atoms with Crippen molar-refractivity contribution in [3.8, 4) is 0 Å². The molecule has 0 aliphatic rings. The molecule has 11 heteroatoms. The van der Waals surface area contributed by atoms with Gasteiger partial charge >= 0.3 is 12.1 Å². The lowest BCUT2D eigenvalue weighted by molar-refractivity contribution is -0.177. The van der Waals surface area contributed by atoms with Gasteiger partial charge in [0, 0.05) is 7.05 Å². The SMILES string of the molecule is CN([C@H](CC(=O)O)C(F)(F)F)S(=O)(=O)c1cccc(Cl)c1F. The number of halogens is 5. The Morgan fingerprint density at radius 3 is 2.41 bits per heavy atom. The first-order chi connectivity index (χ1) is 9.89. The normalized spacial score (nSPS) is 14.1. The number of aliphatic carboxylic acids is 1. The minimum Gasteiger partial charge on any atom is -0.481 e. The second kappa shape index (κ2) is 6.39. The number of carboxylic acid groups (broad SMARTS) is 1. The van der Waals surface area contributed by atoms with Crippen molar-refractivity contribution < 1.29 is 35.9 Å². The summed E-state index contributed by atoms with van der Waals surface area (Å²) in [7, 11) is -4.41. The Morgan fingerprint density at radius 1 is 1.41 bits per heavy atom. The number of nitrogens with zero attached hydrogens (tertiary/aromatic N) is 1. The molecule has 0 saturated heterocycles. The highest BCUT2D eigenvalue weighted by Gasteiger charge is 2.48. The zero-order chi connectivity index (χ0) is 17.3. The van der Waals surface area contributed by atoms with Crippen LogP contribution in [0.2, 0.25) is 5.02 Å². The molecule has 0 bridgehead atoms. The van der Waals surface area contributed by atoms with Crippen molar-refractivity contribution in [2.45, 2.75) is 23.5 Å². The van der Waals surface area contributed by atoms with Gasteiger partial charge in [0.15, 0.2) is 5.82 Å². The molecular weight excluding hydrogens is 354 g/mol. The van der Waals surface area contributed by atoms with Gasteiger partial charge in [-0.3, -0.25) is 4.79 Å². The topological polar surface area (TPSA) is 74.7 Å². The van der Waals surface area contributed by atoms with Gasteiger partial charge in [0.05, 0.1) is 11.4 Å². The molecular formula is C11H10ClF4NO4S. The monoisotopic (exact) mass is 363 g/mol. The summed E-state index contributed by atoms with van der Waals surface area (Å²) in [6, 6.07) is -0.0323. The molecule has 0 amide bonds. The lowest BCUT2D eigenvalue weighted by Crippen LogP contribution is -2.47. The third kappa shape index (κ3) is 3.87. The van der Waals surface area contributed by atoms with E-state index in [0.717, 1.165) is 18.2 Å². The van der Waals surface area contributed by atoms with E-state index in [0.29, 0.717) is 7.05 Å². The first-order valence-electron chi connectivity index (χ1n) is 5.59. The fourth-order valence-electron chi connectivity index (χ4n) is 1.62. The van der Waals surface area contributed by atoms with E-state index in [9.17, 15) is 30.8 Å². The first-order valence-corrected chi connectivity index (χ1v) is 7.41. The van der Waals surface area contributed by atoms with Crippen LogP contribution < -0.4 is 0 Å². The summed E-state index contributed by atoms with van der Waals surface area (Å²) in [5, 5.41) is 7.93. The second-order valence-electron chi connectivity index (χ2n) is 4.23. The standard InChI is InChI=1S/C11H10ClF4NO4S/c1-17(8(5-9(18)19)11(14,15)16)22(20,21)7-4-2-3-6(12)10(7)13/h2-4,8H,5H2,1H3,(H,18,19)/t8-/m1/s1. The van der Waals surface area contributed by atoms with Gasteiger partial charge in [-0.2, -0.15) is 17.5 Å². The average molecular weight is 364 g/mol. The van der Waals surface area contributed by atoms with E-state index >= 15 is 0 Å². The molecule has 0 saturated carbocycles. The highest BCUT2D eigenvalue weighted by molar-refractivity contribution is 7.89. The van der Waals surface area contributed by atoms with E-state index in [4.69, 9.17) is 16.7 Å². The van der Waals surface area contributed by atoms with E-state index in [1.54, 1.807) is 0 Å². The fraction of sp³-hybridized carbons (Fsp3) is 0.364. The van der Waals surface area contributed by atoms with Crippen molar-refractivity contribution in [1.29, 1.82) is 0 Å². The third-order valence-electron chi connectivity index (χ3n) is 2.76. The quantitative estimate of drug-likeness (QED) is 0.816. The van der Waals surface area contributed by atoms with Crippen LogP contribution in [0.15, 0.2) is 23.1 Å². The zero-order valence-electron chi connectivity index (χ0n) is 10.9. The predicted molar refractivity (Wildman–Crippen MR) is 68.5 cm³/mol. The van der Waals surface area contributed by atoms with Crippen molar-refractivity contribution in [3.63, 3.8) is 0 Å². The molecule has 1 atom stereocenters. The van der Waals surface area contributed by atoms with Crippen LogP contribution in [0.3, 0.4) is 0 Å². The average Bonchev–Trinajstić information content (AvgIpc) is 2.36. The van der Waals surface area contributed by atoms with Gasteiger partial charge in [-0.1, -0.05) is 17.7 Å². The highest BCUT2D eigenvalue weighted by Crippen LogP contribution is 2.32. The van der Waals surface area contributed by atoms with Crippen LogP contribution in [0, 0.1) is 5.82 Å². The van der Waals surface area contributed by atoms with Gasteiger partial charge in [-0.25, -0.2) is 12.8 Å². The Labute approximate surface area is 128 Å². The Kier molecular flexibility index (Phi) is 5.42. The summed E-state index contributed by atoms with van der Waals surface area (Å²) in [5.41, 5.74) is 0. The maximum Gasteiger partial charge on any atom is 0.405 e. The molecule has 0 spiro atoms. The van der Waals surface area contributed by atoms with Crippen LogP contribution in [-0.4, -0.2) is 43.1 Å². The molecule has 5 nitrogen and oxygen atoms in total. The molecule has 22 heavy (non-hydrogen) atoms. The Balaban J connectivity index is 3.36. The first kappa shape index (κ1) is 18.7. The van der Waals surface area contributed by atoms with Crippen molar-refractivity contribution in [2.75, 3.05) is 7.05 Å². The summed E-state index contributed by atoms with van der Waals surface area (Å²) >= 11 is 5.40. The molecule has 0 aliphatic heterocycles. The summed E-state index contributed by atoms with van der Waals surface area (Å²) in [4.78, 5) is 9.46. The molecule has 0 heterocycles. The van der Waals surface area contributed by atoms with E-state index in [2.05, 4.69) is 0 Å². The third-order valence-corrected chi connectivity index (χ3v) is 4.93. The van der Waals surface area contributed by atoms with E-state index in [1.165, 1.54) is 0 Å². The molecule has 1 N–H and O–H groups in total. The summed E-state index contributed by atoms with van der Waals surface area (Å²) in [6.45, 7) is 0. The van der Waals surface area contributed by atoms with Gasteiger partial charge < -0.3 is 5.11 Å². The van der Waals surface area contributed by atoms with Crippen LogP contribution >= 0.6 is 11.6 Å². The van der Waals surface area contributed by atoms with Gasteiger partial charge in [0.2, 0.25) is 10.0 Å². The number of hydrogen-bond acceptors (Lipinski definition) is 3. The molecule has 0 aliphatic carbocycles. The Morgan fingerprint density at radius 2 is 1.95 bits per heavy atom. The summed E-state index contributed by atoms with van der Waals surface area (Å²) in [6.07, 6.45) is -6.66. The molecule has 0 radical (unpaired) electrons. The number of carboxylic acids is 1. The van der Waals surface area contributed by atoms with Crippen LogP contribution in [0.25, 0.3) is 0 Å². The number of sulfonamides is 1. The lowest BCUT2D eigenvalue weighted by atomic mass is 10.2. The minimum atomic E-state index is -5.14. The zero-order valence-corrected chi connectivity index (χ0v) is 12.5. The molecule has 1 rings (SSSR count). The lowest BCUT2D eigenvalue weighted by Gasteiger charge is -2.28. The number of alkyl halides is 3. The van der Waals surface area contributed by atoms with E-state index in [1.807, 2.05) is 0 Å². The van der Waals surface area contributed by atoms with Gasteiger partial charge in [0.25, 0.3) is 0 Å². The van der Waals surface area contributed by atoms with Crippen LogP contribution in [0.1, 0.15) is 6.42 Å². The van der Waals surface area contributed by atoms with Crippen LogP contribution in [0.5, 0.6) is 0 Å². The number of benzene rings is 1. The predicted octanol–water partition coefficient (Wildman–Crippen LogP) is 2.51. The van der Waals surface area contributed by atoms with E-state index < -0.39 is 50.4 Å². The number of hydrogen-bond donors (Lipinski definition) is 1. The maximum absolute atomic E-state index is 13.7. The summed E-state index contributed by atoms with van der Waals surface area (Å²) < 4.78 is 76.3. The molecule has 0 aromatic heterocycles. The fourth-order valence-corrected chi connectivity index (χ4v) is 3.28. The molecule has 124 valence electrons. The van der Waals surface area contributed by atoms with Crippen LogP contribution in [-0.2, 0) is 14.8 Å². The number of rotatable bonds is 5. The van der Waals surface area contributed by atoms with Crippen molar-refractivity contribution in [3.05, 3.63) is 29.0 Å². The van der Waals surface area contributed by atoms with Gasteiger partial charge in [-0.15, -0.1) is 0 Å². The molecule has 1 aromatic carbocycles. The Hall–Kier alpha value is -1.39. The minimum absolute atomic E-state index is 0.226. The molecule has 1 aromatic rings. The largest absolute Gasteiger partial charge is 0.481 e. The molecule has 0 unspecified atom stereocenters. The number of carbonyl (C=O) groups is 1. The highest BCUT2D eigenvalue weighted by atomic mass is 35.5. The maximum atomic E-state index is 13.7. The smallest absolute Gasteiger partial charge is 0.405 e. The van der Waals surface area contributed by atoms with Crippen LogP contribution in [0.4, 0.5) is 17.6 Å². The van der Waals surface area contributed by atoms with E-state index in [-0.39, 0.29) is 4.31 Å². The Bertz CT molecular complexity index is 677. The molecule has 0 fully saturated rings. The second-order valence-corrected chi connectivity index (χ2v) is 6.60. The van der Waals surface area contributed by atoms with Gasteiger partial charge in [0.1, 0.15) is 10.9 Å². The van der Waals surface area contributed by atoms with Crippen molar-refractivity contribution in [1.82, 2.24) is 4.31 Å². The van der Waals surface area contributed by atoms with Crippen molar-refractivity contribution >= 4 is 27.6 Å². The van der Waals surface area contributed by atoms with Gasteiger partial charge in [-0.05, 0) is 12.1 Å².